The molecule has 0 aliphatic carbocycles. The molecule has 0 bridgehead atoms. The van der Waals surface area contributed by atoms with Gasteiger partial charge in [-0.2, -0.15) is 5.26 Å². The van der Waals surface area contributed by atoms with Crippen molar-refractivity contribution in [2.75, 3.05) is 5.32 Å². The number of nitriles is 1. The number of hydrogen-bond acceptors (Lipinski definition) is 5. The van der Waals surface area contributed by atoms with Crippen molar-refractivity contribution >= 4 is 28.2 Å². The molecule has 1 amide bonds. The predicted octanol–water partition coefficient (Wildman–Crippen LogP) is 2.87. The quantitative estimate of drug-likeness (QED) is 0.854. The SMILES string of the molecule is C[C@@H](OC(=O)Cc1cccc(F)c1)C(=O)Nc1sccc1C#N. The average molecular weight is 332 g/mol. The van der Waals surface area contributed by atoms with Gasteiger partial charge in [0.2, 0.25) is 0 Å². The number of nitrogens with one attached hydrogen (secondary N) is 1. The maximum atomic E-state index is 13.1. The molecular weight excluding hydrogens is 319 g/mol. The smallest absolute Gasteiger partial charge is 0.311 e. The second-order valence-electron chi connectivity index (χ2n) is 4.70. The maximum absolute atomic E-state index is 13.1. The van der Waals surface area contributed by atoms with Gasteiger partial charge in [-0.15, -0.1) is 11.3 Å². The van der Waals surface area contributed by atoms with Crippen molar-refractivity contribution in [3.8, 4) is 6.07 Å². The second kappa shape index (κ2) is 7.51. The number of anilines is 1. The third-order valence-corrected chi connectivity index (χ3v) is 3.77. The van der Waals surface area contributed by atoms with Crippen LogP contribution in [0.25, 0.3) is 0 Å². The molecule has 5 nitrogen and oxygen atoms in total. The van der Waals surface area contributed by atoms with Gasteiger partial charge in [0, 0.05) is 0 Å². The molecule has 0 aliphatic rings. The first kappa shape index (κ1) is 16.6. The van der Waals surface area contributed by atoms with Crippen LogP contribution in [0, 0.1) is 17.1 Å². The van der Waals surface area contributed by atoms with Gasteiger partial charge in [-0.3, -0.25) is 9.59 Å². The van der Waals surface area contributed by atoms with Crippen LogP contribution in [0.1, 0.15) is 18.1 Å². The molecule has 1 aromatic carbocycles. The number of amides is 1. The minimum Gasteiger partial charge on any atom is -0.452 e. The lowest BCUT2D eigenvalue weighted by Crippen LogP contribution is -2.30. The highest BCUT2D eigenvalue weighted by molar-refractivity contribution is 7.14. The van der Waals surface area contributed by atoms with Crippen LogP contribution in [-0.4, -0.2) is 18.0 Å². The Balaban J connectivity index is 1.90. The van der Waals surface area contributed by atoms with Gasteiger partial charge in [0.25, 0.3) is 5.91 Å². The van der Waals surface area contributed by atoms with E-state index in [1.807, 2.05) is 6.07 Å². The first-order valence-electron chi connectivity index (χ1n) is 6.72. The van der Waals surface area contributed by atoms with Crippen LogP contribution in [0.2, 0.25) is 0 Å². The molecule has 0 saturated heterocycles. The highest BCUT2D eigenvalue weighted by Crippen LogP contribution is 2.22. The summed E-state index contributed by atoms with van der Waals surface area (Å²) in [5.41, 5.74) is 0.814. The van der Waals surface area contributed by atoms with Crippen LogP contribution in [0.3, 0.4) is 0 Å². The van der Waals surface area contributed by atoms with Gasteiger partial charge in [0.05, 0.1) is 12.0 Å². The maximum Gasteiger partial charge on any atom is 0.311 e. The van der Waals surface area contributed by atoms with Gasteiger partial charge < -0.3 is 10.1 Å². The number of hydrogen-bond donors (Lipinski definition) is 1. The number of carbonyl (C=O) groups excluding carboxylic acids is 2. The zero-order chi connectivity index (χ0) is 16.8. The van der Waals surface area contributed by atoms with Crippen molar-refractivity contribution in [2.24, 2.45) is 0 Å². The molecule has 1 N–H and O–H groups in total. The van der Waals surface area contributed by atoms with Gasteiger partial charge in [0.15, 0.2) is 6.10 Å². The molecule has 2 rings (SSSR count). The van der Waals surface area contributed by atoms with E-state index in [4.69, 9.17) is 10.00 Å². The standard InChI is InChI=1S/C16H13FN2O3S/c1-10(15(21)19-16-12(9-18)5-6-23-16)22-14(20)8-11-3-2-4-13(17)7-11/h2-7,10H,8H2,1H3,(H,19,21)/t10-/m1/s1. The van der Waals surface area contributed by atoms with Crippen LogP contribution in [0.4, 0.5) is 9.39 Å². The zero-order valence-corrected chi connectivity index (χ0v) is 13.0. The summed E-state index contributed by atoms with van der Waals surface area (Å²) in [5, 5.41) is 13.5. The summed E-state index contributed by atoms with van der Waals surface area (Å²) in [6, 6.07) is 9.14. The van der Waals surface area contributed by atoms with E-state index in [9.17, 15) is 14.0 Å². The molecule has 0 fully saturated rings. The van der Waals surface area contributed by atoms with E-state index in [-0.39, 0.29) is 6.42 Å². The molecule has 2 aromatic rings. The van der Waals surface area contributed by atoms with Gasteiger partial charge in [-0.25, -0.2) is 4.39 Å². The third-order valence-electron chi connectivity index (χ3n) is 2.94. The van der Waals surface area contributed by atoms with Gasteiger partial charge in [-0.1, -0.05) is 12.1 Å². The normalized spacial score (nSPS) is 11.3. The summed E-state index contributed by atoms with van der Waals surface area (Å²) in [6.45, 7) is 1.43. The Morgan fingerprint density at radius 3 is 2.91 bits per heavy atom. The summed E-state index contributed by atoms with van der Waals surface area (Å²) in [4.78, 5) is 23.8. The number of esters is 1. The number of ether oxygens (including phenoxy) is 1. The summed E-state index contributed by atoms with van der Waals surface area (Å²) in [6.07, 6.45) is -1.15. The minimum absolute atomic E-state index is 0.127. The summed E-state index contributed by atoms with van der Waals surface area (Å²) >= 11 is 1.21. The van der Waals surface area contributed by atoms with E-state index >= 15 is 0 Å². The molecule has 1 heterocycles. The van der Waals surface area contributed by atoms with Crippen molar-refractivity contribution < 1.29 is 18.7 Å². The monoisotopic (exact) mass is 332 g/mol. The fraction of sp³-hybridized carbons (Fsp3) is 0.188. The molecule has 118 valence electrons. The molecular formula is C16H13FN2O3S. The molecule has 0 unspecified atom stereocenters. The molecule has 23 heavy (non-hydrogen) atoms. The van der Waals surface area contributed by atoms with E-state index in [2.05, 4.69) is 5.32 Å². The highest BCUT2D eigenvalue weighted by atomic mass is 32.1. The van der Waals surface area contributed by atoms with Crippen molar-refractivity contribution in [3.05, 3.63) is 52.7 Å². The third kappa shape index (κ3) is 4.63. The van der Waals surface area contributed by atoms with E-state index < -0.39 is 23.8 Å². The number of benzene rings is 1. The number of halogens is 1. The lowest BCUT2D eigenvalue weighted by molar-refractivity contribution is -0.152. The Labute approximate surface area is 136 Å². The van der Waals surface area contributed by atoms with E-state index in [0.717, 1.165) is 0 Å². The van der Waals surface area contributed by atoms with Crippen molar-refractivity contribution in [1.29, 1.82) is 5.26 Å². The fourth-order valence-electron chi connectivity index (χ4n) is 1.81. The molecule has 1 atom stereocenters. The Bertz CT molecular complexity index is 767. The number of carbonyl (C=O) groups is 2. The lowest BCUT2D eigenvalue weighted by atomic mass is 10.1. The van der Waals surface area contributed by atoms with Crippen LogP contribution in [-0.2, 0) is 20.7 Å². The van der Waals surface area contributed by atoms with Crippen LogP contribution in [0.15, 0.2) is 35.7 Å². The zero-order valence-electron chi connectivity index (χ0n) is 12.2. The first-order chi connectivity index (χ1) is 11.0. The Hall–Kier alpha value is -2.72. The second-order valence-corrected chi connectivity index (χ2v) is 5.62. The van der Waals surface area contributed by atoms with E-state index in [1.54, 1.807) is 17.5 Å². The lowest BCUT2D eigenvalue weighted by Gasteiger charge is -2.13. The van der Waals surface area contributed by atoms with Gasteiger partial charge >= 0.3 is 5.97 Å². The minimum atomic E-state index is -1.02. The first-order valence-corrected chi connectivity index (χ1v) is 7.60. The summed E-state index contributed by atoms with van der Waals surface area (Å²) in [7, 11) is 0. The van der Waals surface area contributed by atoms with E-state index in [1.165, 1.54) is 36.5 Å². The van der Waals surface area contributed by atoms with E-state index in [0.29, 0.717) is 16.1 Å². The topological polar surface area (TPSA) is 79.2 Å². The van der Waals surface area contributed by atoms with Crippen molar-refractivity contribution in [3.63, 3.8) is 0 Å². The number of rotatable bonds is 5. The predicted molar refractivity (Wildman–Crippen MR) is 83.3 cm³/mol. The van der Waals surface area contributed by atoms with Crippen LogP contribution in [0.5, 0.6) is 0 Å². The molecule has 0 spiro atoms. The largest absolute Gasteiger partial charge is 0.452 e. The highest BCUT2D eigenvalue weighted by Gasteiger charge is 2.19. The van der Waals surface area contributed by atoms with Gasteiger partial charge in [-0.05, 0) is 36.1 Å². The Morgan fingerprint density at radius 2 is 2.22 bits per heavy atom. The molecule has 7 heteroatoms. The molecule has 0 aliphatic heterocycles. The fourth-order valence-corrected chi connectivity index (χ4v) is 2.55. The Morgan fingerprint density at radius 1 is 1.43 bits per heavy atom. The van der Waals surface area contributed by atoms with Crippen LogP contribution >= 0.6 is 11.3 Å². The average Bonchev–Trinajstić information content (AvgIpc) is 2.94. The van der Waals surface area contributed by atoms with Crippen molar-refractivity contribution in [2.45, 2.75) is 19.4 Å². The van der Waals surface area contributed by atoms with Crippen LogP contribution < -0.4 is 5.32 Å². The molecule has 1 aromatic heterocycles. The molecule has 0 radical (unpaired) electrons. The molecule has 0 saturated carbocycles. The number of thiophene rings is 1. The summed E-state index contributed by atoms with van der Waals surface area (Å²) < 4.78 is 18.1. The Kier molecular flexibility index (Phi) is 5.44. The van der Waals surface area contributed by atoms with Gasteiger partial charge in [0.1, 0.15) is 16.9 Å². The number of nitrogens with zero attached hydrogens (tertiary/aromatic N) is 1. The summed E-state index contributed by atoms with van der Waals surface area (Å²) in [5.74, 6) is -1.61. The van der Waals surface area contributed by atoms with Crippen molar-refractivity contribution in [1.82, 2.24) is 0 Å².